The van der Waals surface area contributed by atoms with Crippen LogP contribution in [0.15, 0.2) is 0 Å². The normalized spacial score (nSPS) is 26.6. The molecule has 0 aliphatic carbocycles. The van der Waals surface area contributed by atoms with Crippen LogP contribution in [0.5, 0.6) is 0 Å². The van der Waals surface area contributed by atoms with Crippen LogP contribution < -0.4 is 5.32 Å². The molecule has 2 unspecified atom stereocenters. The van der Waals surface area contributed by atoms with E-state index in [1.165, 1.54) is 6.26 Å². The molecular weight excluding hydrogens is 230 g/mol. The summed E-state index contributed by atoms with van der Waals surface area (Å²) < 4.78 is 21.9. The van der Waals surface area contributed by atoms with Crippen molar-refractivity contribution in [1.82, 2.24) is 5.32 Å². The van der Waals surface area contributed by atoms with E-state index in [1.807, 2.05) is 0 Å². The van der Waals surface area contributed by atoms with Gasteiger partial charge in [-0.05, 0) is 32.1 Å². The first-order chi connectivity index (χ1) is 7.38. The molecule has 16 heavy (non-hydrogen) atoms. The Morgan fingerprint density at radius 2 is 2.12 bits per heavy atom. The number of carbonyl (C=O) groups is 1. The van der Waals surface area contributed by atoms with E-state index in [2.05, 4.69) is 5.32 Å². The smallest absolute Gasteiger partial charge is 0.320 e. The average molecular weight is 249 g/mol. The van der Waals surface area contributed by atoms with Gasteiger partial charge in [-0.25, -0.2) is 8.42 Å². The summed E-state index contributed by atoms with van der Waals surface area (Å²) in [5.74, 6) is -0.629. The molecule has 0 bridgehead atoms. The molecule has 1 heterocycles. The van der Waals surface area contributed by atoms with Crippen LogP contribution in [0, 0.1) is 0 Å². The molecule has 0 amide bonds. The van der Waals surface area contributed by atoms with Gasteiger partial charge >= 0.3 is 5.97 Å². The Morgan fingerprint density at radius 1 is 1.44 bits per heavy atom. The summed E-state index contributed by atoms with van der Waals surface area (Å²) in [5, 5.41) is 11.9. The van der Waals surface area contributed by atoms with Crippen molar-refractivity contribution >= 4 is 15.8 Å². The molecule has 5 nitrogen and oxygen atoms in total. The molecule has 1 rings (SSSR count). The van der Waals surface area contributed by atoms with E-state index in [-0.39, 0.29) is 11.8 Å². The molecule has 0 radical (unpaired) electrons. The van der Waals surface area contributed by atoms with Gasteiger partial charge in [-0.3, -0.25) is 4.79 Å². The lowest BCUT2D eigenvalue weighted by molar-refractivity contribution is -0.140. The second-order valence-electron chi connectivity index (χ2n) is 4.46. The molecule has 0 aromatic heterocycles. The first kappa shape index (κ1) is 13.4. The fourth-order valence-electron chi connectivity index (χ4n) is 2.03. The number of rotatable bonds is 5. The number of hydrogen-bond donors (Lipinski definition) is 2. The van der Waals surface area contributed by atoms with Crippen molar-refractivity contribution in [3.8, 4) is 0 Å². The van der Waals surface area contributed by atoms with Crippen molar-refractivity contribution in [1.29, 1.82) is 0 Å². The van der Waals surface area contributed by atoms with Crippen molar-refractivity contribution in [3.05, 3.63) is 0 Å². The molecule has 94 valence electrons. The highest BCUT2D eigenvalue weighted by Crippen LogP contribution is 2.16. The lowest BCUT2D eigenvalue weighted by atomic mass is 9.96. The zero-order chi connectivity index (χ0) is 12.2. The van der Waals surface area contributed by atoms with E-state index in [4.69, 9.17) is 5.11 Å². The maximum Gasteiger partial charge on any atom is 0.320 e. The van der Waals surface area contributed by atoms with E-state index >= 15 is 0 Å². The van der Waals surface area contributed by atoms with Crippen LogP contribution in [-0.4, -0.2) is 43.6 Å². The van der Waals surface area contributed by atoms with Crippen molar-refractivity contribution in [2.24, 2.45) is 0 Å². The van der Waals surface area contributed by atoms with Gasteiger partial charge in [0.1, 0.15) is 15.9 Å². The monoisotopic (exact) mass is 249 g/mol. The average Bonchev–Trinajstić information content (AvgIpc) is 2.16. The number of hydrogen-bond acceptors (Lipinski definition) is 4. The minimum atomic E-state index is -2.90. The summed E-state index contributed by atoms with van der Waals surface area (Å²) in [6.45, 7) is 0. The Balaban J connectivity index is 2.30. The van der Waals surface area contributed by atoms with Gasteiger partial charge in [-0.2, -0.15) is 0 Å². The fourth-order valence-corrected chi connectivity index (χ4v) is 2.72. The number of nitrogens with one attached hydrogen (secondary N) is 1. The van der Waals surface area contributed by atoms with Crippen LogP contribution in [0.1, 0.15) is 32.1 Å². The molecule has 1 fully saturated rings. The highest BCUT2D eigenvalue weighted by Gasteiger charge is 2.25. The zero-order valence-corrected chi connectivity index (χ0v) is 10.3. The van der Waals surface area contributed by atoms with Gasteiger partial charge in [-0.15, -0.1) is 0 Å². The van der Waals surface area contributed by atoms with Crippen LogP contribution in [0.3, 0.4) is 0 Å². The summed E-state index contributed by atoms with van der Waals surface area (Å²) in [7, 11) is -2.90. The molecule has 0 aromatic rings. The lowest BCUT2D eigenvalue weighted by Crippen LogP contribution is -2.46. The third-order valence-electron chi connectivity index (χ3n) is 2.85. The Hall–Kier alpha value is -0.620. The quantitative estimate of drug-likeness (QED) is 0.737. The highest BCUT2D eigenvalue weighted by molar-refractivity contribution is 7.90. The fraction of sp³-hybridized carbons (Fsp3) is 0.900. The molecule has 2 atom stereocenters. The molecular formula is C10H19NO4S. The molecule has 0 saturated carbocycles. The van der Waals surface area contributed by atoms with E-state index in [0.29, 0.717) is 12.8 Å². The van der Waals surface area contributed by atoms with Gasteiger partial charge in [0.2, 0.25) is 0 Å². The second kappa shape index (κ2) is 5.63. The predicted molar refractivity (Wildman–Crippen MR) is 61.1 cm³/mol. The molecule has 0 aromatic carbocycles. The first-order valence-corrected chi connectivity index (χ1v) is 7.61. The van der Waals surface area contributed by atoms with E-state index < -0.39 is 21.8 Å². The highest BCUT2D eigenvalue weighted by atomic mass is 32.2. The van der Waals surface area contributed by atoms with Crippen LogP contribution in [0.25, 0.3) is 0 Å². The Bertz CT molecular complexity index is 339. The number of aliphatic carboxylic acids is 1. The van der Waals surface area contributed by atoms with E-state index in [9.17, 15) is 13.2 Å². The van der Waals surface area contributed by atoms with Crippen LogP contribution >= 0.6 is 0 Å². The van der Waals surface area contributed by atoms with Crippen LogP contribution in [0.2, 0.25) is 0 Å². The van der Waals surface area contributed by atoms with Crippen molar-refractivity contribution in [2.75, 3.05) is 12.0 Å². The summed E-state index contributed by atoms with van der Waals surface area (Å²) >= 11 is 0. The number of piperidine rings is 1. The van der Waals surface area contributed by atoms with Crippen molar-refractivity contribution in [2.45, 2.75) is 44.2 Å². The van der Waals surface area contributed by atoms with Crippen molar-refractivity contribution < 1.29 is 18.3 Å². The van der Waals surface area contributed by atoms with Crippen LogP contribution in [-0.2, 0) is 14.6 Å². The van der Waals surface area contributed by atoms with Gasteiger partial charge in [0.05, 0.1) is 0 Å². The third kappa shape index (κ3) is 4.94. The maximum absolute atomic E-state index is 10.9. The topological polar surface area (TPSA) is 83.5 Å². The van der Waals surface area contributed by atoms with Gasteiger partial charge < -0.3 is 10.4 Å². The molecule has 1 aliphatic heterocycles. The molecule has 1 aliphatic rings. The Labute approximate surface area is 96.1 Å². The lowest BCUT2D eigenvalue weighted by Gasteiger charge is -2.28. The summed E-state index contributed by atoms with van der Waals surface area (Å²) in [6.07, 6.45) is 5.06. The summed E-state index contributed by atoms with van der Waals surface area (Å²) in [6, 6.07) is -0.311. The Kier molecular flexibility index (Phi) is 4.73. The van der Waals surface area contributed by atoms with Gasteiger partial charge in [0, 0.05) is 18.1 Å². The van der Waals surface area contributed by atoms with Gasteiger partial charge in [-0.1, -0.05) is 0 Å². The molecule has 2 N–H and O–H groups in total. The standard InChI is InChI=1S/C10H19NO4S/c1-16(14,15)7-3-5-8-4-2-6-9(11-8)10(12)13/h8-9,11H,2-7H2,1H3,(H,12,13). The van der Waals surface area contributed by atoms with Crippen molar-refractivity contribution in [3.63, 3.8) is 0 Å². The minimum Gasteiger partial charge on any atom is -0.480 e. The molecule has 6 heteroatoms. The zero-order valence-electron chi connectivity index (χ0n) is 9.48. The van der Waals surface area contributed by atoms with E-state index in [1.54, 1.807) is 0 Å². The van der Waals surface area contributed by atoms with Gasteiger partial charge in [0.25, 0.3) is 0 Å². The van der Waals surface area contributed by atoms with E-state index in [0.717, 1.165) is 19.3 Å². The first-order valence-electron chi connectivity index (χ1n) is 5.55. The summed E-state index contributed by atoms with van der Waals surface area (Å²) in [4.78, 5) is 10.8. The number of carboxylic acid groups (broad SMARTS) is 1. The summed E-state index contributed by atoms with van der Waals surface area (Å²) in [5.41, 5.74) is 0. The SMILES string of the molecule is CS(=O)(=O)CCCC1CCCC(C(=O)O)N1. The number of sulfone groups is 1. The second-order valence-corrected chi connectivity index (χ2v) is 6.72. The van der Waals surface area contributed by atoms with Gasteiger partial charge in [0.15, 0.2) is 0 Å². The molecule has 1 saturated heterocycles. The number of carboxylic acids is 1. The largest absolute Gasteiger partial charge is 0.480 e. The van der Waals surface area contributed by atoms with Crippen LogP contribution in [0.4, 0.5) is 0 Å². The third-order valence-corrected chi connectivity index (χ3v) is 3.88. The maximum atomic E-state index is 10.9. The Morgan fingerprint density at radius 3 is 2.69 bits per heavy atom. The minimum absolute atomic E-state index is 0.150. The molecule has 0 spiro atoms. The predicted octanol–water partition coefficient (Wildman–Crippen LogP) is 0.407.